The molecule has 1 unspecified atom stereocenters. The van der Waals surface area contributed by atoms with E-state index in [4.69, 9.17) is 10.8 Å². The summed E-state index contributed by atoms with van der Waals surface area (Å²) in [4.78, 5) is 11.1. The smallest absolute Gasteiger partial charge is 0.312 e. The number of carbonyl (C=O) groups is 1. The molecular weight excluding hydrogens is 274 g/mol. The van der Waals surface area contributed by atoms with Gasteiger partial charge >= 0.3 is 5.97 Å². The van der Waals surface area contributed by atoms with Gasteiger partial charge in [-0.15, -0.1) is 0 Å². The van der Waals surface area contributed by atoms with Crippen molar-refractivity contribution < 1.29 is 15.0 Å². The van der Waals surface area contributed by atoms with E-state index in [1.54, 1.807) is 13.8 Å². The van der Waals surface area contributed by atoms with Gasteiger partial charge in [0.05, 0.1) is 10.4 Å². The number of nitrogens with two attached hydrogens (primary N) is 1. The number of phenolic OH excluding ortho intramolecular Hbond substituents is 1. The third-order valence-electron chi connectivity index (χ3n) is 2.62. The summed E-state index contributed by atoms with van der Waals surface area (Å²) in [5.41, 5.74) is 7.59. The van der Waals surface area contributed by atoms with Crippen LogP contribution < -0.4 is 5.73 Å². The van der Waals surface area contributed by atoms with Crippen LogP contribution >= 0.6 is 15.9 Å². The highest BCUT2D eigenvalue weighted by Crippen LogP contribution is 2.35. The van der Waals surface area contributed by atoms with Gasteiger partial charge in [0.25, 0.3) is 0 Å². The first-order valence-electron chi connectivity index (χ1n) is 4.81. The second-order valence-electron chi connectivity index (χ2n) is 3.69. The average molecular weight is 288 g/mol. The fourth-order valence-electron chi connectivity index (χ4n) is 1.83. The predicted octanol–water partition coefficient (Wildman–Crippen LogP) is 1.90. The van der Waals surface area contributed by atoms with Crippen LogP contribution in [0, 0.1) is 13.8 Å². The molecule has 0 fully saturated rings. The zero-order chi connectivity index (χ0) is 12.5. The first-order chi connectivity index (χ1) is 7.40. The average Bonchev–Trinajstić information content (AvgIpc) is 2.20. The standard InChI is InChI=1S/C11H14BrNO3/c1-5-3-8(14)10(12)6(2)9(5)7(4-13)11(15)16/h3,7,14H,4,13H2,1-2H3,(H,15,16). The van der Waals surface area contributed by atoms with Gasteiger partial charge in [-0.05, 0) is 52.5 Å². The minimum Gasteiger partial charge on any atom is -0.507 e. The Balaban J connectivity index is 3.43. The van der Waals surface area contributed by atoms with Gasteiger partial charge in [-0.2, -0.15) is 0 Å². The van der Waals surface area contributed by atoms with E-state index in [9.17, 15) is 9.90 Å². The zero-order valence-electron chi connectivity index (χ0n) is 9.12. The van der Waals surface area contributed by atoms with Crippen molar-refractivity contribution in [3.63, 3.8) is 0 Å². The molecule has 5 heteroatoms. The molecule has 0 amide bonds. The zero-order valence-corrected chi connectivity index (χ0v) is 10.7. The van der Waals surface area contributed by atoms with Crippen LogP contribution in [0.1, 0.15) is 22.6 Å². The van der Waals surface area contributed by atoms with E-state index in [1.807, 2.05) is 0 Å². The Kier molecular flexibility index (Phi) is 3.93. The third kappa shape index (κ3) is 2.20. The Bertz CT molecular complexity index is 432. The first kappa shape index (κ1) is 13.0. The van der Waals surface area contributed by atoms with Crippen LogP contribution in [0.15, 0.2) is 10.5 Å². The molecule has 1 aromatic rings. The van der Waals surface area contributed by atoms with Crippen LogP contribution in [0.3, 0.4) is 0 Å². The SMILES string of the molecule is Cc1cc(O)c(Br)c(C)c1C(CN)C(=O)O. The molecular formula is C11H14BrNO3. The fourth-order valence-corrected chi connectivity index (χ4v) is 2.16. The molecule has 0 saturated heterocycles. The van der Waals surface area contributed by atoms with Crippen molar-refractivity contribution in [1.29, 1.82) is 0 Å². The van der Waals surface area contributed by atoms with Crippen molar-refractivity contribution in [3.8, 4) is 5.75 Å². The number of hydrogen-bond donors (Lipinski definition) is 3. The van der Waals surface area contributed by atoms with Crippen LogP contribution in [0.4, 0.5) is 0 Å². The number of halogens is 1. The molecule has 4 N–H and O–H groups in total. The van der Waals surface area contributed by atoms with Crippen molar-refractivity contribution >= 4 is 21.9 Å². The number of aryl methyl sites for hydroxylation is 1. The molecule has 0 aliphatic heterocycles. The monoisotopic (exact) mass is 287 g/mol. The number of carboxylic acid groups (broad SMARTS) is 1. The molecule has 0 radical (unpaired) electrons. The van der Waals surface area contributed by atoms with Crippen molar-refractivity contribution in [2.24, 2.45) is 5.73 Å². The van der Waals surface area contributed by atoms with Crippen LogP contribution in [-0.2, 0) is 4.79 Å². The number of aromatic hydroxyl groups is 1. The summed E-state index contributed by atoms with van der Waals surface area (Å²) in [7, 11) is 0. The molecule has 88 valence electrons. The molecule has 0 aliphatic rings. The highest BCUT2D eigenvalue weighted by molar-refractivity contribution is 9.10. The van der Waals surface area contributed by atoms with Crippen LogP contribution in [-0.4, -0.2) is 22.7 Å². The van der Waals surface area contributed by atoms with Gasteiger partial charge in [0.15, 0.2) is 0 Å². The van der Waals surface area contributed by atoms with Crippen molar-refractivity contribution in [2.45, 2.75) is 19.8 Å². The maximum Gasteiger partial charge on any atom is 0.312 e. The van der Waals surface area contributed by atoms with Crippen LogP contribution in [0.2, 0.25) is 0 Å². The van der Waals surface area contributed by atoms with Gasteiger partial charge in [0, 0.05) is 6.54 Å². The molecule has 1 atom stereocenters. The van der Waals surface area contributed by atoms with Gasteiger partial charge in [-0.25, -0.2) is 0 Å². The molecule has 0 spiro atoms. The second kappa shape index (κ2) is 4.84. The molecule has 0 heterocycles. The lowest BCUT2D eigenvalue weighted by Gasteiger charge is -2.18. The van der Waals surface area contributed by atoms with E-state index >= 15 is 0 Å². The van der Waals surface area contributed by atoms with Crippen LogP contribution in [0.5, 0.6) is 5.75 Å². The molecule has 0 aliphatic carbocycles. The lowest BCUT2D eigenvalue weighted by molar-refractivity contribution is -0.138. The van der Waals surface area contributed by atoms with E-state index < -0.39 is 11.9 Å². The van der Waals surface area contributed by atoms with E-state index in [0.717, 1.165) is 11.1 Å². The van der Waals surface area contributed by atoms with Crippen molar-refractivity contribution in [2.75, 3.05) is 6.54 Å². The van der Waals surface area contributed by atoms with Gasteiger partial charge in [0.1, 0.15) is 5.75 Å². The number of rotatable bonds is 3. The summed E-state index contributed by atoms with van der Waals surface area (Å²) in [6.45, 7) is 3.56. The molecule has 16 heavy (non-hydrogen) atoms. The predicted molar refractivity (Wildman–Crippen MR) is 64.7 cm³/mol. The van der Waals surface area contributed by atoms with Gasteiger partial charge < -0.3 is 15.9 Å². The third-order valence-corrected chi connectivity index (χ3v) is 3.62. The maximum atomic E-state index is 11.1. The van der Waals surface area contributed by atoms with Gasteiger partial charge in [-0.3, -0.25) is 4.79 Å². The summed E-state index contributed by atoms with van der Waals surface area (Å²) in [6, 6.07) is 1.54. The summed E-state index contributed by atoms with van der Waals surface area (Å²) < 4.78 is 0.521. The molecule has 0 bridgehead atoms. The highest BCUT2D eigenvalue weighted by Gasteiger charge is 2.24. The fraction of sp³-hybridized carbons (Fsp3) is 0.364. The van der Waals surface area contributed by atoms with E-state index in [1.165, 1.54) is 6.07 Å². The molecule has 4 nitrogen and oxygen atoms in total. The lowest BCUT2D eigenvalue weighted by atomic mass is 9.90. The van der Waals surface area contributed by atoms with Gasteiger partial charge in [-0.1, -0.05) is 0 Å². The van der Waals surface area contributed by atoms with Gasteiger partial charge in [0.2, 0.25) is 0 Å². The van der Waals surface area contributed by atoms with Crippen LogP contribution in [0.25, 0.3) is 0 Å². The van der Waals surface area contributed by atoms with E-state index in [0.29, 0.717) is 10.0 Å². The molecule has 1 aromatic carbocycles. The number of hydrogen-bond acceptors (Lipinski definition) is 3. The molecule has 0 saturated carbocycles. The largest absolute Gasteiger partial charge is 0.507 e. The number of phenols is 1. The first-order valence-corrected chi connectivity index (χ1v) is 5.60. The number of aliphatic carboxylic acids is 1. The Morgan fingerprint density at radius 3 is 2.56 bits per heavy atom. The Morgan fingerprint density at radius 2 is 2.12 bits per heavy atom. The summed E-state index contributed by atoms with van der Waals surface area (Å²) >= 11 is 3.23. The summed E-state index contributed by atoms with van der Waals surface area (Å²) in [5, 5.41) is 18.7. The highest BCUT2D eigenvalue weighted by atomic mass is 79.9. The van der Waals surface area contributed by atoms with Crippen molar-refractivity contribution in [1.82, 2.24) is 0 Å². The number of carboxylic acids is 1. The molecule has 0 aromatic heterocycles. The molecule has 1 rings (SSSR count). The quantitative estimate of drug-likeness (QED) is 0.793. The Hall–Kier alpha value is -1.07. The van der Waals surface area contributed by atoms with E-state index in [-0.39, 0.29) is 12.3 Å². The second-order valence-corrected chi connectivity index (χ2v) is 4.48. The maximum absolute atomic E-state index is 11.1. The Labute approximate surface area is 102 Å². The topological polar surface area (TPSA) is 83.5 Å². The lowest BCUT2D eigenvalue weighted by Crippen LogP contribution is -2.23. The van der Waals surface area contributed by atoms with E-state index in [2.05, 4.69) is 15.9 Å². The minimum atomic E-state index is -0.953. The minimum absolute atomic E-state index is 0.0359. The Morgan fingerprint density at radius 1 is 1.56 bits per heavy atom. The summed E-state index contributed by atoms with van der Waals surface area (Å²) in [5.74, 6) is -1.58. The number of benzene rings is 1. The van der Waals surface area contributed by atoms with Crippen molar-refractivity contribution in [3.05, 3.63) is 27.2 Å². The summed E-state index contributed by atoms with van der Waals surface area (Å²) in [6.07, 6.45) is 0. The normalized spacial score (nSPS) is 12.5.